The molecule has 0 fully saturated rings. The second-order valence-electron chi connectivity index (χ2n) is 4.28. The maximum atomic E-state index is 13.1. The molecule has 2 aromatic carbocycles. The van der Waals surface area contributed by atoms with Crippen LogP contribution in [0.3, 0.4) is 0 Å². The van der Waals surface area contributed by atoms with Gasteiger partial charge in [-0.1, -0.05) is 12.1 Å². The lowest BCUT2D eigenvalue weighted by atomic mass is 10.2. The van der Waals surface area contributed by atoms with Gasteiger partial charge in [0.25, 0.3) is 0 Å². The summed E-state index contributed by atoms with van der Waals surface area (Å²) in [6.07, 6.45) is 0. The summed E-state index contributed by atoms with van der Waals surface area (Å²) < 4.78 is 13.1. The number of carbonyl (C=O) groups excluding carboxylic acids is 1. The molecule has 0 aliphatic rings. The van der Waals surface area contributed by atoms with Crippen molar-refractivity contribution in [2.24, 2.45) is 0 Å². The molecular weight excluding hydrogens is 257 g/mol. The molecule has 104 valence electrons. The summed E-state index contributed by atoms with van der Waals surface area (Å²) in [7, 11) is 0. The zero-order valence-electron chi connectivity index (χ0n) is 11.1. The molecule has 0 radical (unpaired) electrons. The first-order valence-electron chi connectivity index (χ1n) is 6.30. The van der Waals surface area contributed by atoms with Gasteiger partial charge in [-0.15, -0.1) is 0 Å². The molecule has 3 N–H and O–H groups in total. The summed E-state index contributed by atoms with van der Waals surface area (Å²) in [6, 6.07) is 12.5. The van der Waals surface area contributed by atoms with E-state index in [1.165, 1.54) is 17.0 Å². The minimum Gasteiger partial charge on any atom is -0.399 e. The summed E-state index contributed by atoms with van der Waals surface area (Å²) in [5, 5.41) is 2.66. The number of carbonyl (C=O) groups is 1. The van der Waals surface area contributed by atoms with E-state index < -0.39 is 5.82 Å². The van der Waals surface area contributed by atoms with Gasteiger partial charge in [0, 0.05) is 23.6 Å². The van der Waals surface area contributed by atoms with Crippen LogP contribution in [0.4, 0.5) is 26.2 Å². The molecule has 2 amide bonds. The van der Waals surface area contributed by atoms with Crippen molar-refractivity contribution in [1.82, 2.24) is 0 Å². The Balaban J connectivity index is 2.17. The minimum atomic E-state index is -0.394. The van der Waals surface area contributed by atoms with E-state index in [1.54, 1.807) is 36.4 Å². The van der Waals surface area contributed by atoms with Crippen molar-refractivity contribution in [3.05, 3.63) is 54.3 Å². The third kappa shape index (κ3) is 3.26. The van der Waals surface area contributed by atoms with Gasteiger partial charge in [-0.25, -0.2) is 9.18 Å². The second kappa shape index (κ2) is 6.06. The van der Waals surface area contributed by atoms with Gasteiger partial charge >= 0.3 is 6.03 Å². The van der Waals surface area contributed by atoms with Gasteiger partial charge in [-0.2, -0.15) is 0 Å². The van der Waals surface area contributed by atoms with Crippen molar-refractivity contribution in [1.29, 1.82) is 0 Å². The average molecular weight is 273 g/mol. The van der Waals surface area contributed by atoms with E-state index in [0.29, 0.717) is 23.6 Å². The number of anilines is 3. The molecule has 0 aliphatic carbocycles. The quantitative estimate of drug-likeness (QED) is 0.841. The summed E-state index contributed by atoms with van der Waals surface area (Å²) in [5.74, 6) is -0.394. The van der Waals surface area contributed by atoms with Crippen LogP contribution >= 0.6 is 0 Å². The molecule has 0 spiro atoms. The van der Waals surface area contributed by atoms with Gasteiger partial charge < -0.3 is 11.1 Å². The fourth-order valence-electron chi connectivity index (χ4n) is 1.89. The first kappa shape index (κ1) is 13.9. The van der Waals surface area contributed by atoms with Gasteiger partial charge in [0.15, 0.2) is 0 Å². The van der Waals surface area contributed by atoms with Gasteiger partial charge in [-0.3, -0.25) is 4.90 Å². The Morgan fingerprint density at radius 3 is 2.65 bits per heavy atom. The molecule has 2 rings (SSSR count). The Hall–Kier alpha value is -2.56. The Morgan fingerprint density at radius 1 is 1.25 bits per heavy atom. The van der Waals surface area contributed by atoms with Crippen molar-refractivity contribution in [2.45, 2.75) is 6.92 Å². The van der Waals surface area contributed by atoms with E-state index in [2.05, 4.69) is 5.32 Å². The number of urea groups is 1. The number of rotatable bonds is 3. The lowest BCUT2D eigenvalue weighted by Gasteiger charge is -2.21. The maximum absolute atomic E-state index is 13.1. The van der Waals surface area contributed by atoms with Crippen LogP contribution in [0, 0.1) is 5.82 Å². The number of amides is 2. The zero-order chi connectivity index (χ0) is 14.5. The highest BCUT2D eigenvalue weighted by Gasteiger charge is 2.14. The third-order valence-corrected chi connectivity index (χ3v) is 2.82. The molecule has 20 heavy (non-hydrogen) atoms. The lowest BCUT2D eigenvalue weighted by molar-refractivity contribution is 0.257. The van der Waals surface area contributed by atoms with Crippen LogP contribution in [0.1, 0.15) is 6.92 Å². The summed E-state index contributed by atoms with van der Waals surface area (Å²) in [5.41, 5.74) is 7.41. The molecule has 2 aromatic rings. The molecule has 0 heterocycles. The third-order valence-electron chi connectivity index (χ3n) is 2.82. The van der Waals surface area contributed by atoms with Crippen molar-refractivity contribution >= 4 is 23.1 Å². The molecule has 0 saturated carbocycles. The molecule has 0 aliphatic heterocycles. The van der Waals surface area contributed by atoms with Crippen LogP contribution in [0.5, 0.6) is 0 Å². The van der Waals surface area contributed by atoms with Crippen LogP contribution in [-0.4, -0.2) is 12.6 Å². The predicted octanol–water partition coefficient (Wildman–Crippen LogP) is 3.47. The van der Waals surface area contributed by atoms with Gasteiger partial charge in [0.05, 0.1) is 0 Å². The molecular formula is C15H16FN3O. The molecule has 0 unspecified atom stereocenters. The number of nitrogens with zero attached hydrogens (tertiary/aromatic N) is 1. The van der Waals surface area contributed by atoms with E-state index >= 15 is 0 Å². The van der Waals surface area contributed by atoms with Crippen molar-refractivity contribution in [3.63, 3.8) is 0 Å². The number of halogens is 1. The largest absolute Gasteiger partial charge is 0.399 e. The van der Waals surface area contributed by atoms with E-state index in [1.807, 2.05) is 6.92 Å². The van der Waals surface area contributed by atoms with Crippen molar-refractivity contribution in [2.75, 3.05) is 22.5 Å². The second-order valence-corrected chi connectivity index (χ2v) is 4.28. The first-order chi connectivity index (χ1) is 9.60. The molecule has 0 aromatic heterocycles. The highest BCUT2D eigenvalue weighted by Crippen LogP contribution is 2.19. The fourth-order valence-corrected chi connectivity index (χ4v) is 1.89. The summed E-state index contributed by atoms with van der Waals surface area (Å²) in [6.45, 7) is 2.33. The van der Waals surface area contributed by atoms with E-state index in [0.717, 1.165) is 0 Å². The van der Waals surface area contributed by atoms with Crippen LogP contribution in [0.2, 0.25) is 0 Å². The summed E-state index contributed by atoms with van der Waals surface area (Å²) >= 11 is 0. The van der Waals surface area contributed by atoms with E-state index in [9.17, 15) is 9.18 Å². The monoisotopic (exact) mass is 273 g/mol. The summed E-state index contributed by atoms with van der Waals surface area (Å²) in [4.78, 5) is 13.7. The fraction of sp³-hybridized carbons (Fsp3) is 0.133. The molecule has 0 atom stereocenters. The Bertz CT molecular complexity index is 616. The Kier molecular flexibility index (Phi) is 4.20. The van der Waals surface area contributed by atoms with Gasteiger partial charge in [0.2, 0.25) is 0 Å². The maximum Gasteiger partial charge on any atom is 0.326 e. The highest BCUT2D eigenvalue weighted by atomic mass is 19.1. The lowest BCUT2D eigenvalue weighted by Crippen LogP contribution is -2.34. The van der Waals surface area contributed by atoms with Crippen LogP contribution < -0.4 is 16.0 Å². The topological polar surface area (TPSA) is 58.4 Å². The average Bonchev–Trinajstić information content (AvgIpc) is 2.39. The number of benzene rings is 2. The standard InChI is InChI=1S/C15H16FN3O/c1-2-19(14-8-4-6-12(17)10-14)15(20)18-13-7-3-5-11(16)9-13/h3-10H,2,17H2,1H3,(H,18,20). The molecule has 0 saturated heterocycles. The van der Waals surface area contributed by atoms with Crippen LogP contribution in [0.25, 0.3) is 0 Å². The van der Waals surface area contributed by atoms with Crippen molar-refractivity contribution < 1.29 is 9.18 Å². The number of nitrogens with two attached hydrogens (primary N) is 1. The number of nitrogens with one attached hydrogen (secondary N) is 1. The first-order valence-corrected chi connectivity index (χ1v) is 6.30. The highest BCUT2D eigenvalue weighted by molar-refractivity contribution is 6.01. The molecule has 0 bridgehead atoms. The van der Waals surface area contributed by atoms with E-state index in [4.69, 9.17) is 5.73 Å². The Labute approximate surface area is 117 Å². The predicted molar refractivity (Wildman–Crippen MR) is 79.3 cm³/mol. The normalized spacial score (nSPS) is 10.1. The molecule has 5 heteroatoms. The minimum absolute atomic E-state index is 0.330. The number of hydrogen-bond donors (Lipinski definition) is 2. The SMILES string of the molecule is CCN(C(=O)Nc1cccc(F)c1)c1cccc(N)c1. The van der Waals surface area contributed by atoms with Crippen LogP contribution in [0.15, 0.2) is 48.5 Å². The Morgan fingerprint density at radius 2 is 2.00 bits per heavy atom. The molecule has 4 nitrogen and oxygen atoms in total. The number of hydrogen-bond acceptors (Lipinski definition) is 2. The van der Waals surface area contributed by atoms with Crippen molar-refractivity contribution in [3.8, 4) is 0 Å². The van der Waals surface area contributed by atoms with Gasteiger partial charge in [0.1, 0.15) is 5.82 Å². The van der Waals surface area contributed by atoms with E-state index in [-0.39, 0.29) is 6.03 Å². The number of nitrogen functional groups attached to an aromatic ring is 1. The van der Waals surface area contributed by atoms with Crippen LogP contribution in [-0.2, 0) is 0 Å². The van der Waals surface area contributed by atoms with Gasteiger partial charge in [-0.05, 0) is 43.3 Å². The zero-order valence-corrected chi connectivity index (χ0v) is 11.1. The smallest absolute Gasteiger partial charge is 0.326 e.